The number of fused-ring (bicyclic) bond motifs is 1. The van der Waals surface area contributed by atoms with Gasteiger partial charge in [0.2, 0.25) is 0 Å². The van der Waals surface area contributed by atoms with E-state index < -0.39 is 6.10 Å². The van der Waals surface area contributed by atoms with E-state index in [1.165, 1.54) is 0 Å². The lowest BCUT2D eigenvalue weighted by atomic mass is 10.1. The van der Waals surface area contributed by atoms with E-state index in [0.29, 0.717) is 16.4 Å². The molecular weight excluding hydrogens is 224 g/mol. The van der Waals surface area contributed by atoms with E-state index >= 15 is 0 Å². The predicted molar refractivity (Wildman–Crippen MR) is 65.9 cm³/mol. The Morgan fingerprint density at radius 1 is 1.56 bits per heavy atom. The average Bonchev–Trinajstić information content (AvgIpc) is 2.29. The second-order valence-electron chi connectivity index (χ2n) is 3.54. The van der Waals surface area contributed by atoms with Gasteiger partial charge in [0.05, 0.1) is 5.69 Å². The van der Waals surface area contributed by atoms with E-state index in [1.807, 2.05) is 12.1 Å². The lowest BCUT2D eigenvalue weighted by Gasteiger charge is -2.23. The van der Waals surface area contributed by atoms with Crippen LogP contribution in [-0.2, 0) is 4.79 Å². The number of rotatable bonds is 1. The number of nitrogens with one attached hydrogen (secondary N) is 2. The summed E-state index contributed by atoms with van der Waals surface area (Å²) in [5, 5.41) is 5.66. The van der Waals surface area contributed by atoms with Crippen LogP contribution in [-0.4, -0.2) is 24.0 Å². The molecule has 1 aromatic carbocycles. The lowest BCUT2D eigenvalue weighted by molar-refractivity contribution is -0.122. The number of carbonyl (C=O) groups is 1. The van der Waals surface area contributed by atoms with Gasteiger partial charge in [-0.1, -0.05) is 12.2 Å². The molecule has 2 rings (SSSR count). The minimum atomic E-state index is -0.449. The Labute approximate surface area is 99.0 Å². The number of thiocarbonyl (C=S) groups is 1. The molecule has 0 fully saturated rings. The molecule has 4 nitrogen and oxygen atoms in total. The first kappa shape index (κ1) is 10.9. The molecule has 0 saturated heterocycles. The molecular formula is C11H12N2O2S. The normalized spacial score (nSPS) is 18.1. The van der Waals surface area contributed by atoms with Crippen LogP contribution in [0.1, 0.15) is 12.5 Å². The summed E-state index contributed by atoms with van der Waals surface area (Å²) in [5.74, 6) is 0.537. The Bertz CT molecular complexity index is 459. The van der Waals surface area contributed by atoms with Crippen LogP contribution in [0.2, 0.25) is 0 Å². The first-order chi connectivity index (χ1) is 7.61. The molecule has 84 valence electrons. The Morgan fingerprint density at radius 2 is 2.31 bits per heavy atom. The van der Waals surface area contributed by atoms with Crippen molar-refractivity contribution < 1.29 is 9.53 Å². The highest BCUT2D eigenvalue weighted by Crippen LogP contribution is 2.30. The molecule has 1 aliphatic heterocycles. The van der Waals surface area contributed by atoms with Crippen molar-refractivity contribution in [2.24, 2.45) is 0 Å². The summed E-state index contributed by atoms with van der Waals surface area (Å²) in [6, 6.07) is 5.48. The van der Waals surface area contributed by atoms with Crippen molar-refractivity contribution in [3.8, 4) is 5.75 Å². The second kappa shape index (κ2) is 4.09. The minimum absolute atomic E-state index is 0.139. The van der Waals surface area contributed by atoms with E-state index in [2.05, 4.69) is 10.6 Å². The highest BCUT2D eigenvalue weighted by atomic mass is 32.1. The molecule has 0 spiro atoms. The predicted octanol–water partition coefficient (Wildman–Crippen LogP) is 1.30. The topological polar surface area (TPSA) is 50.4 Å². The van der Waals surface area contributed by atoms with Crippen LogP contribution in [0.15, 0.2) is 18.2 Å². The van der Waals surface area contributed by atoms with Crippen LogP contribution in [0.25, 0.3) is 0 Å². The third-order valence-electron chi connectivity index (χ3n) is 2.40. The molecule has 16 heavy (non-hydrogen) atoms. The van der Waals surface area contributed by atoms with Crippen LogP contribution in [0.4, 0.5) is 5.69 Å². The third kappa shape index (κ3) is 1.86. The maximum Gasteiger partial charge on any atom is 0.265 e. The quantitative estimate of drug-likeness (QED) is 0.722. The summed E-state index contributed by atoms with van der Waals surface area (Å²) in [5.41, 5.74) is 1.52. The van der Waals surface area contributed by atoms with Crippen molar-refractivity contribution in [3.05, 3.63) is 23.8 Å². The zero-order valence-electron chi connectivity index (χ0n) is 9.03. The number of amides is 1. The molecule has 1 unspecified atom stereocenters. The minimum Gasteiger partial charge on any atom is -0.479 e. The van der Waals surface area contributed by atoms with E-state index in [9.17, 15) is 4.79 Å². The number of hydrogen-bond acceptors (Lipinski definition) is 3. The third-order valence-corrected chi connectivity index (χ3v) is 2.84. The van der Waals surface area contributed by atoms with Gasteiger partial charge >= 0.3 is 0 Å². The standard InChI is InChI=1S/C11H12N2O2S/c1-6-10(14)13-8-5-7(11(16)12-2)3-4-9(8)15-6/h3-6H,1-2H3,(H,12,16)(H,13,14). The van der Waals surface area contributed by atoms with E-state index in [0.717, 1.165) is 5.56 Å². The molecule has 0 saturated carbocycles. The van der Waals surface area contributed by atoms with Crippen molar-refractivity contribution in [1.82, 2.24) is 5.32 Å². The van der Waals surface area contributed by atoms with Gasteiger partial charge < -0.3 is 15.4 Å². The van der Waals surface area contributed by atoms with Gasteiger partial charge in [0.15, 0.2) is 6.10 Å². The van der Waals surface area contributed by atoms with E-state index in [-0.39, 0.29) is 5.91 Å². The monoisotopic (exact) mass is 236 g/mol. The maximum atomic E-state index is 11.4. The molecule has 1 heterocycles. The Kier molecular flexibility index (Phi) is 2.78. The second-order valence-corrected chi connectivity index (χ2v) is 3.95. The highest BCUT2D eigenvalue weighted by molar-refractivity contribution is 7.80. The molecule has 0 radical (unpaired) electrons. The number of hydrogen-bond donors (Lipinski definition) is 2. The van der Waals surface area contributed by atoms with Crippen LogP contribution in [0.3, 0.4) is 0 Å². The van der Waals surface area contributed by atoms with Crippen LogP contribution >= 0.6 is 12.2 Å². The number of carbonyl (C=O) groups excluding carboxylic acids is 1. The van der Waals surface area contributed by atoms with E-state index in [1.54, 1.807) is 20.0 Å². The van der Waals surface area contributed by atoms with Crippen LogP contribution in [0, 0.1) is 0 Å². The molecule has 1 atom stereocenters. The largest absolute Gasteiger partial charge is 0.479 e. The summed E-state index contributed by atoms with van der Waals surface area (Å²) in [6.45, 7) is 1.71. The molecule has 1 aliphatic rings. The van der Waals surface area contributed by atoms with Crippen molar-refractivity contribution >= 4 is 28.8 Å². The molecule has 1 amide bonds. The van der Waals surface area contributed by atoms with Gasteiger partial charge in [0.25, 0.3) is 5.91 Å². The van der Waals surface area contributed by atoms with Crippen LogP contribution < -0.4 is 15.4 Å². The molecule has 0 aromatic heterocycles. The van der Waals surface area contributed by atoms with Crippen molar-refractivity contribution in [3.63, 3.8) is 0 Å². The Morgan fingerprint density at radius 3 is 3.00 bits per heavy atom. The fourth-order valence-corrected chi connectivity index (χ4v) is 1.62. The SMILES string of the molecule is CNC(=S)c1ccc2c(c1)NC(=O)C(C)O2. The highest BCUT2D eigenvalue weighted by Gasteiger charge is 2.23. The Balaban J connectivity index is 2.36. The molecule has 5 heteroatoms. The van der Waals surface area contributed by atoms with Crippen LogP contribution in [0.5, 0.6) is 5.75 Å². The zero-order valence-corrected chi connectivity index (χ0v) is 9.85. The number of benzene rings is 1. The average molecular weight is 236 g/mol. The van der Waals surface area contributed by atoms with E-state index in [4.69, 9.17) is 17.0 Å². The summed E-state index contributed by atoms with van der Waals surface area (Å²) < 4.78 is 5.44. The van der Waals surface area contributed by atoms with Crippen molar-refractivity contribution in [1.29, 1.82) is 0 Å². The fourth-order valence-electron chi connectivity index (χ4n) is 1.49. The maximum absolute atomic E-state index is 11.4. The van der Waals surface area contributed by atoms with Gasteiger partial charge in [-0.15, -0.1) is 0 Å². The molecule has 2 N–H and O–H groups in total. The smallest absolute Gasteiger partial charge is 0.265 e. The number of anilines is 1. The molecule has 0 bridgehead atoms. The van der Waals surface area contributed by atoms with Gasteiger partial charge in [-0.3, -0.25) is 4.79 Å². The first-order valence-corrected chi connectivity index (χ1v) is 5.36. The van der Waals surface area contributed by atoms with Gasteiger partial charge in [-0.25, -0.2) is 0 Å². The molecule has 1 aromatic rings. The lowest BCUT2D eigenvalue weighted by Crippen LogP contribution is -2.34. The fraction of sp³-hybridized carbons (Fsp3) is 0.273. The Hall–Kier alpha value is -1.62. The molecule has 0 aliphatic carbocycles. The van der Waals surface area contributed by atoms with Gasteiger partial charge in [-0.2, -0.15) is 0 Å². The van der Waals surface area contributed by atoms with Gasteiger partial charge in [0.1, 0.15) is 10.7 Å². The summed E-state index contributed by atoms with van der Waals surface area (Å²) in [4.78, 5) is 12.1. The summed E-state index contributed by atoms with van der Waals surface area (Å²) in [6.07, 6.45) is -0.449. The summed E-state index contributed by atoms with van der Waals surface area (Å²) >= 11 is 5.11. The van der Waals surface area contributed by atoms with Gasteiger partial charge in [0, 0.05) is 12.6 Å². The van der Waals surface area contributed by atoms with Crippen molar-refractivity contribution in [2.45, 2.75) is 13.0 Å². The first-order valence-electron chi connectivity index (χ1n) is 4.95. The zero-order chi connectivity index (χ0) is 11.7. The van der Waals surface area contributed by atoms with Crippen molar-refractivity contribution in [2.75, 3.05) is 12.4 Å². The number of ether oxygens (including phenoxy) is 1. The summed E-state index contributed by atoms with van der Waals surface area (Å²) in [7, 11) is 1.76. The van der Waals surface area contributed by atoms with Gasteiger partial charge in [-0.05, 0) is 25.1 Å².